The van der Waals surface area contributed by atoms with Crippen molar-refractivity contribution >= 4 is 5.97 Å². The van der Waals surface area contributed by atoms with E-state index in [1.54, 1.807) is 6.92 Å². The molecule has 0 saturated heterocycles. The Morgan fingerprint density at radius 1 is 1.56 bits per heavy atom. The average Bonchev–Trinajstić information content (AvgIpc) is 2.26. The third-order valence-corrected chi connectivity index (χ3v) is 4.27. The first kappa shape index (κ1) is 13.5. The second kappa shape index (κ2) is 5.17. The molecule has 1 saturated carbocycles. The van der Waals surface area contributed by atoms with E-state index in [2.05, 4.69) is 6.92 Å². The van der Waals surface area contributed by atoms with Gasteiger partial charge in [0, 0.05) is 0 Å². The summed E-state index contributed by atoms with van der Waals surface area (Å²) >= 11 is 0. The molecule has 3 nitrogen and oxygen atoms in total. The van der Waals surface area contributed by atoms with Gasteiger partial charge in [-0.1, -0.05) is 33.1 Å². The van der Waals surface area contributed by atoms with Crippen LogP contribution in [0.15, 0.2) is 0 Å². The highest BCUT2D eigenvalue weighted by atomic mass is 16.4. The molecule has 3 heteroatoms. The summed E-state index contributed by atoms with van der Waals surface area (Å²) in [4.78, 5) is 10.9. The van der Waals surface area contributed by atoms with E-state index in [0.717, 1.165) is 25.7 Å². The van der Waals surface area contributed by atoms with Crippen molar-refractivity contribution in [1.82, 2.24) is 0 Å². The Morgan fingerprint density at radius 3 is 2.69 bits per heavy atom. The summed E-state index contributed by atoms with van der Waals surface area (Å²) in [6.45, 7) is 5.82. The molecule has 0 amide bonds. The van der Waals surface area contributed by atoms with Gasteiger partial charge >= 0.3 is 5.97 Å². The lowest BCUT2D eigenvalue weighted by atomic mass is 9.65. The van der Waals surface area contributed by atoms with E-state index in [1.807, 2.05) is 6.92 Å². The van der Waals surface area contributed by atoms with Crippen LogP contribution in [0.2, 0.25) is 0 Å². The predicted molar refractivity (Wildman–Crippen MR) is 63.2 cm³/mol. The lowest BCUT2D eigenvalue weighted by molar-refractivity contribution is -0.150. The topological polar surface area (TPSA) is 57.5 Å². The van der Waals surface area contributed by atoms with E-state index in [4.69, 9.17) is 5.11 Å². The molecule has 1 aliphatic rings. The van der Waals surface area contributed by atoms with Crippen molar-refractivity contribution in [3.63, 3.8) is 0 Å². The van der Waals surface area contributed by atoms with Gasteiger partial charge in [-0.25, -0.2) is 0 Å². The van der Waals surface area contributed by atoms with E-state index < -0.39 is 18.0 Å². The summed E-state index contributed by atoms with van der Waals surface area (Å²) in [5.41, 5.74) is -0.212. The molecule has 0 bridgehead atoms. The third kappa shape index (κ3) is 2.76. The minimum absolute atomic E-state index is 0.212. The van der Waals surface area contributed by atoms with Gasteiger partial charge < -0.3 is 10.2 Å². The molecule has 1 rings (SSSR count). The Labute approximate surface area is 97.9 Å². The fourth-order valence-electron chi connectivity index (χ4n) is 3.01. The number of aliphatic hydroxyl groups excluding tert-OH is 1. The van der Waals surface area contributed by atoms with Crippen LogP contribution in [0.1, 0.15) is 52.9 Å². The number of aliphatic carboxylic acids is 1. The molecule has 0 radical (unpaired) electrons. The molecule has 0 aromatic heterocycles. The van der Waals surface area contributed by atoms with Crippen molar-refractivity contribution in [1.29, 1.82) is 0 Å². The summed E-state index contributed by atoms with van der Waals surface area (Å²) in [7, 11) is 0. The normalized spacial score (nSPS) is 34.4. The average molecular weight is 228 g/mol. The molecule has 1 aliphatic carbocycles. The summed E-state index contributed by atoms with van der Waals surface area (Å²) < 4.78 is 0. The largest absolute Gasteiger partial charge is 0.481 e. The number of carbonyl (C=O) groups is 1. The van der Waals surface area contributed by atoms with E-state index in [-0.39, 0.29) is 5.41 Å². The van der Waals surface area contributed by atoms with Crippen LogP contribution < -0.4 is 0 Å². The van der Waals surface area contributed by atoms with Crippen LogP contribution in [0.3, 0.4) is 0 Å². The van der Waals surface area contributed by atoms with Gasteiger partial charge in [0.1, 0.15) is 0 Å². The first-order valence-electron chi connectivity index (χ1n) is 6.31. The van der Waals surface area contributed by atoms with E-state index in [0.29, 0.717) is 5.92 Å². The maximum absolute atomic E-state index is 10.9. The van der Waals surface area contributed by atoms with Crippen LogP contribution in [-0.2, 0) is 4.79 Å². The van der Waals surface area contributed by atoms with Crippen molar-refractivity contribution in [3.8, 4) is 0 Å². The maximum Gasteiger partial charge on any atom is 0.308 e. The Bertz CT molecular complexity index is 252. The zero-order valence-corrected chi connectivity index (χ0v) is 10.6. The number of rotatable bonds is 4. The quantitative estimate of drug-likeness (QED) is 0.777. The van der Waals surface area contributed by atoms with Crippen molar-refractivity contribution in [2.45, 2.75) is 59.0 Å². The Kier molecular flexibility index (Phi) is 4.36. The Balaban J connectivity index is 2.71. The zero-order valence-electron chi connectivity index (χ0n) is 10.6. The highest BCUT2D eigenvalue weighted by Gasteiger charge is 2.41. The van der Waals surface area contributed by atoms with Crippen LogP contribution in [-0.4, -0.2) is 22.3 Å². The fraction of sp³-hybridized carbons (Fsp3) is 0.923. The van der Waals surface area contributed by atoms with E-state index >= 15 is 0 Å². The highest BCUT2D eigenvalue weighted by molar-refractivity contribution is 5.70. The van der Waals surface area contributed by atoms with Crippen LogP contribution in [0, 0.1) is 17.3 Å². The second-order valence-electron chi connectivity index (χ2n) is 5.60. The van der Waals surface area contributed by atoms with Gasteiger partial charge in [-0.05, 0) is 31.1 Å². The Hall–Kier alpha value is -0.570. The standard InChI is InChI=1S/C13H24O3/c1-4-10-6-5-7-13(3,8-10)11(14)9(2)12(15)16/h9-11,14H,4-8H2,1-3H3,(H,15,16)/t9-,10?,11+,13?/m1/s1. The molecule has 2 N–H and O–H groups in total. The van der Waals surface area contributed by atoms with Gasteiger partial charge in [0.15, 0.2) is 0 Å². The van der Waals surface area contributed by atoms with Crippen molar-refractivity contribution in [2.24, 2.45) is 17.3 Å². The maximum atomic E-state index is 10.9. The first-order valence-corrected chi connectivity index (χ1v) is 6.31. The van der Waals surface area contributed by atoms with Gasteiger partial charge in [0.25, 0.3) is 0 Å². The first-order chi connectivity index (χ1) is 7.40. The molecule has 94 valence electrons. The SMILES string of the molecule is CCC1CCCC(C)([C@@H](O)[C@@H](C)C(=O)O)C1. The lowest BCUT2D eigenvalue weighted by Gasteiger charge is -2.42. The number of hydrogen-bond acceptors (Lipinski definition) is 2. The smallest absolute Gasteiger partial charge is 0.308 e. The molecule has 16 heavy (non-hydrogen) atoms. The minimum Gasteiger partial charge on any atom is -0.481 e. The van der Waals surface area contributed by atoms with E-state index in [1.165, 1.54) is 6.42 Å². The van der Waals surface area contributed by atoms with Gasteiger partial charge in [-0.3, -0.25) is 4.79 Å². The van der Waals surface area contributed by atoms with E-state index in [9.17, 15) is 9.90 Å². The van der Waals surface area contributed by atoms with Crippen LogP contribution in [0.25, 0.3) is 0 Å². The van der Waals surface area contributed by atoms with Crippen LogP contribution in [0.4, 0.5) is 0 Å². The zero-order chi connectivity index (χ0) is 12.3. The second-order valence-corrected chi connectivity index (χ2v) is 5.60. The number of carboxylic acids is 1. The summed E-state index contributed by atoms with van der Waals surface area (Å²) in [5, 5.41) is 19.2. The molecule has 0 heterocycles. The summed E-state index contributed by atoms with van der Waals surface area (Å²) in [6.07, 6.45) is 4.65. The lowest BCUT2D eigenvalue weighted by Crippen LogP contribution is -2.43. The number of aliphatic hydroxyl groups is 1. The number of carboxylic acid groups (broad SMARTS) is 1. The molecule has 2 unspecified atom stereocenters. The molecule has 0 aromatic carbocycles. The Morgan fingerprint density at radius 2 is 2.19 bits per heavy atom. The monoisotopic (exact) mass is 228 g/mol. The summed E-state index contributed by atoms with van der Waals surface area (Å²) in [6, 6.07) is 0. The van der Waals surface area contributed by atoms with Crippen LogP contribution >= 0.6 is 0 Å². The predicted octanol–water partition coefficient (Wildman–Crippen LogP) is 2.67. The third-order valence-electron chi connectivity index (χ3n) is 4.27. The number of hydrogen-bond donors (Lipinski definition) is 2. The van der Waals surface area contributed by atoms with Gasteiger partial charge in [-0.15, -0.1) is 0 Å². The fourth-order valence-corrected chi connectivity index (χ4v) is 3.01. The molecular formula is C13H24O3. The molecule has 0 spiro atoms. The molecule has 0 aliphatic heterocycles. The van der Waals surface area contributed by atoms with Crippen molar-refractivity contribution in [3.05, 3.63) is 0 Å². The van der Waals surface area contributed by atoms with Gasteiger partial charge in [0.05, 0.1) is 12.0 Å². The minimum atomic E-state index is -0.896. The molecule has 4 atom stereocenters. The highest BCUT2D eigenvalue weighted by Crippen LogP contribution is 2.44. The molecule has 1 fully saturated rings. The van der Waals surface area contributed by atoms with Crippen LogP contribution in [0.5, 0.6) is 0 Å². The molecule has 0 aromatic rings. The summed E-state index contributed by atoms with van der Waals surface area (Å²) in [5.74, 6) is -0.914. The van der Waals surface area contributed by atoms with Crippen molar-refractivity contribution < 1.29 is 15.0 Å². The van der Waals surface area contributed by atoms with Crippen molar-refractivity contribution in [2.75, 3.05) is 0 Å². The molecular weight excluding hydrogens is 204 g/mol. The van der Waals surface area contributed by atoms with Gasteiger partial charge in [-0.2, -0.15) is 0 Å². The van der Waals surface area contributed by atoms with Gasteiger partial charge in [0.2, 0.25) is 0 Å².